The van der Waals surface area contributed by atoms with Crippen molar-refractivity contribution in [2.75, 3.05) is 0 Å². The van der Waals surface area contributed by atoms with Gasteiger partial charge >= 0.3 is 0 Å². The van der Waals surface area contributed by atoms with E-state index in [0.29, 0.717) is 0 Å². The van der Waals surface area contributed by atoms with E-state index in [1.807, 2.05) is 5.38 Å². The minimum absolute atomic E-state index is 0.850. The quantitative estimate of drug-likeness (QED) is 0.654. The van der Waals surface area contributed by atoms with E-state index in [9.17, 15) is 0 Å². The lowest BCUT2D eigenvalue weighted by molar-refractivity contribution is 0.895. The van der Waals surface area contributed by atoms with Crippen molar-refractivity contribution in [1.29, 1.82) is 0 Å². The predicted octanol–water partition coefficient (Wildman–Crippen LogP) is 2.38. The summed E-state index contributed by atoms with van der Waals surface area (Å²) in [7, 11) is 0. The molecule has 0 bridgehead atoms. The van der Waals surface area contributed by atoms with Crippen LogP contribution < -0.4 is 0 Å². The molecule has 1 rings (SSSR count). The van der Waals surface area contributed by atoms with Gasteiger partial charge in [0.1, 0.15) is 5.03 Å². The molecule has 0 spiro atoms. The van der Waals surface area contributed by atoms with Gasteiger partial charge < -0.3 is 0 Å². The van der Waals surface area contributed by atoms with Crippen LogP contribution in [0.15, 0.2) is 10.4 Å². The Kier molecular flexibility index (Phi) is 2.54. The molecule has 0 aromatic carbocycles. The van der Waals surface area contributed by atoms with Gasteiger partial charge in [0.15, 0.2) is 0 Å². The summed E-state index contributed by atoms with van der Waals surface area (Å²) in [6.07, 6.45) is 2.26. The van der Waals surface area contributed by atoms with E-state index in [1.165, 1.54) is 11.4 Å². The minimum Gasteiger partial charge on any atom is -0.235 e. The maximum absolute atomic E-state index is 4.18. The van der Waals surface area contributed by atoms with Crippen LogP contribution >= 0.6 is 24.0 Å². The number of thiazole rings is 1. The number of thiol groups is 1. The van der Waals surface area contributed by atoms with Gasteiger partial charge in [-0.05, 0) is 12.8 Å². The summed E-state index contributed by atoms with van der Waals surface area (Å²) >= 11 is 5.78. The molecule has 0 saturated carbocycles. The Balaban J connectivity index is 2.61. The van der Waals surface area contributed by atoms with Gasteiger partial charge in [0.25, 0.3) is 0 Å². The highest BCUT2D eigenvalue weighted by molar-refractivity contribution is 7.80. The van der Waals surface area contributed by atoms with Crippen molar-refractivity contribution >= 4 is 24.0 Å². The van der Waals surface area contributed by atoms with Crippen molar-refractivity contribution in [3.8, 4) is 0 Å². The Labute approximate surface area is 64.5 Å². The van der Waals surface area contributed by atoms with Crippen molar-refractivity contribution in [3.05, 3.63) is 10.4 Å². The molecular weight excluding hydrogens is 150 g/mol. The van der Waals surface area contributed by atoms with Crippen LogP contribution in [-0.2, 0) is 6.42 Å². The van der Waals surface area contributed by atoms with E-state index < -0.39 is 0 Å². The molecule has 0 N–H and O–H groups in total. The Morgan fingerprint density at radius 2 is 2.56 bits per heavy atom. The number of aromatic nitrogens is 1. The van der Waals surface area contributed by atoms with E-state index in [-0.39, 0.29) is 0 Å². The summed E-state index contributed by atoms with van der Waals surface area (Å²) in [6.45, 7) is 2.15. The summed E-state index contributed by atoms with van der Waals surface area (Å²) in [6, 6.07) is 0. The molecule has 0 saturated heterocycles. The van der Waals surface area contributed by atoms with Crippen molar-refractivity contribution < 1.29 is 0 Å². The second-order valence-corrected chi connectivity index (χ2v) is 3.25. The molecule has 0 amide bonds. The van der Waals surface area contributed by atoms with Gasteiger partial charge in [0.05, 0.1) is 5.01 Å². The van der Waals surface area contributed by atoms with Gasteiger partial charge in [-0.15, -0.1) is 24.0 Å². The third kappa shape index (κ3) is 1.99. The molecule has 1 aromatic heterocycles. The zero-order valence-electron chi connectivity index (χ0n) is 5.29. The second kappa shape index (κ2) is 3.22. The van der Waals surface area contributed by atoms with Crippen LogP contribution in [0.2, 0.25) is 0 Å². The monoisotopic (exact) mass is 159 g/mol. The third-order valence-corrected chi connectivity index (χ3v) is 2.32. The summed E-state index contributed by atoms with van der Waals surface area (Å²) in [5, 5.41) is 4.01. The summed E-state index contributed by atoms with van der Waals surface area (Å²) in [4.78, 5) is 4.18. The lowest BCUT2D eigenvalue weighted by atomic mass is 10.4. The Bertz CT molecular complexity index is 183. The molecule has 3 heteroatoms. The van der Waals surface area contributed by atoms with Crippen molar-refractivity contribution in [2.45, 2.75) is 24.8 Å². The van der Waals surface area contributed by atoms with Crippen LogP contribution in [-0.4, -0.2) is 4.98 Å². The SMILES string of the molecule is CCCc1nc(S)cs1. The lowest BCUT2D eigenvalue weighted by Gasteiger charge is -1.85. The maximum Gasteiger partial charge on any atom is 0.104 e. The first-order chi connectivity index (χ1) is 4.33. The fraction of sp³-hybridized carbons (Fsp3) is 0.500. The smallest absolute Gasteiger partial charge is 0.104 e. The molecule has 0 unspecified atom stereocenters. The van der Waals surface area contributed by atoms with Gasteiger partial charge in [-0.1, -0.05) is 6.92 Å². The molecule has 1 aromatic rings. The average Bonchev–Trinajstić information content (AvgIpc) is 2.17. The molecule has 1 heterocycles. The average molecular weight is 159 g/mol. The van der Waals surface area contributed by atoms with Crippen LogP contribution in [0.25, 0.3) is 0 Å². The molecule has 0 aliphatic heterocycles. The van der Waals surface area contributed by atoms with Gasteiger partial charge in [0, 0.05) is 5.38 Å². The minimum atomic E-state index is 0.850. The van der Waals surface area contributed by atoms with Crippen molar-refractivity contribution in [1.82, 2.24) is 4.98 Å². The van der Waals surface area contributed by atoms with Crippen LogP contribution in [0.5, 0.6) is 0 Å². The Morgan fingerprint density at radius 1 is 1.78 bits per heavy atom. The zero-order valence-corrected chi connectivity index (χ0v) is 7.01. The van der Waals surface area contributed by atoms with Crippen LogP contribution in [0, 0.1) is 0 Å². The zero-order chi connectivity index (χ0) is 6.69. The highest BCUT2D eigenvalue weighted by Crippen LogP contribution is 2.13. The standard InChI is InChI=1S/C6H9NS2/c1-2-3-6-7-5(8)4-9-6/h4,8H,2-3H2,1H3. The topological polar surface area (TPSA) is 12.9 Å². The Morgan fingerprint density at radius 3 is 3.00 bits per heavy atom. The molecular formula is C6H9NS2. The number of aryl methyl sites for hydroxylation is 1. The molecule has 9 heavy (non-hydrogen) atoms. The predicted molar refractivity (Wildman–Crippen MR) is 43.4 cm³/mol. The van der Waals surface area contributed by atoms with Crippen LogP contribution in [0.1, 0.15) is 18.4 Å². The lowest BCUT2D eigenvalue weighted by Crippen LogP contribution is -1.78. The maximum atomic E-state index is 4.18. The summed E-state index contributed by atoms with van der Waals surface area (Å²) in [5.41, 5.74) is 0. The first kappa shape index (κ1) is 7.09. The largest absolute Gasteiger partial charge is 0.235 e. The molecule has 0 atom stereocenters. The van der Waals surface area contributed by atoms with Crippen LogP contribution in [0.3, 0.4) is 0 Å². The van der Waals surface area contributed by atoms with E-state index in [2.05, 4.69) is 24.5 Å². The first-order valence-electron chi connectivity index (χ1n) is 2.96. The van der Waals surface area contributed by atoms with E-state index >= 15 is 0 Å². The third-order valence-electron chi connectivity index (χ3n) is 1.00. The molecule has 50 valence electrons. The number of hydrogen-bond donors (Lipinski definition) is 1. The fourth-order valence-electron chi connectivity index (χ4n) is 0.630. The van der Waals surface area contributed by atoms with Crippen molar-refractivity contribution in [2.24, 2.45) is 0 Å². The van der Waals surface area contributed by atoms with Gasteiger partial charge in [-0.2, -0.15) is 0 Å². The normalized spacial score (nSPS) is 10.0. The first-order valence-corrected chi connectivity index (χ1v) is 4.29. The van der Waals surface area contributed by atoms with Gasteiger partial charge in [0.2, 0.25) is 0 Å². The highest BCUT2D eigenvalue weighted by atomic mass is 32.1. The van der Waals surface area contributed by atoms with Crippen molar-refractivity contribution in [3.63, 3.8) is 0 Å². The number of hydrogen-bond acceptors (Lipinski definition) is 3. The van der Waals surface area contributed by atoms with Gasteiger partial charge in [-0.3, -0.25) is 0 Å². The highest BCUT2D eigenvalue weighted by Gasteiger charge is 1.94. The van der Waals surface area contributed by atoms with Gasteiger partial charge in [-0.25, -0.2) is 4.98 Å². The molecule has 1 nitrogen and oxygen atoms in total. The molecule has 0 aliphatic carbocycles. The molecule has 0 radical (unpaired) electrons. The molecule has 0 fully saturated rings. The Hall–Kier alpha value is -0.0200. The summed E-state index contributed by atoms with van der Waals surface area (Å²) < 4.78 is 0. The van der Waals surface area contributed by atoms with Crippen LogP contribution in [0.4, 0.5) is 0 Å². The van der Waals surface area contributed by atoms with E-state index in [4.69, 9.17) is 0 Å². The number of rotatable bonds is 2. The number of nitrogens with zero attached hydrogens (tertiary/aromatic N) is 1. The summed E-state index contributed by atoms with van der Waals surface area (Å²) in [5.74, 6) is 0. The van der Waals surface area contributed by atoms with E-state index in [1.54, 1.807) is 11.3 Å². The van der Waals surface area contributed by atoms with E-state index in [0.717, 1.165) is 11.4 Å². The fourth-order valence-corrected chi connectivity index (χ4v) is 1.74. The molecule has 0 aliphatic rings. The second-order valence-electron chi connectivity index (χ2n) is 1.85.